The van der Waals surface area contributed by atoms with Gasteiger partial charge in [0.2, 0.25) is 5.91 Å². The van der Waals surface area contributed by atoms with E-state index in [1.165, 1.54) is 18.2 Å². The minimum atomic E-state index is -4.78. The highest BCUT2D eigenvalue weighted by Crippen LogP contribution is 2.27. The molecule has 0 spiro atoms. The third-order valence-electron chi connectivity index (χ3n) is 5.97. The molecule has 10 heteroatoms. The molecule has 0 unspecified atom stereocenters. The molecule has 0 atom stereocenters. The first-order valence-corrected chi connectivity index (χ1v) is 12.6. The Labute approximate surface area is 229 Å². The molecule has 0 fully saturated rings. The summed E-state index contributed by atoms with van der Waals surface area (Å²) in [5.41, 5.74) is 3.85. The summed E-state index contributed by atoms with van der Waals surface area (Å²) in [6.45, 7) is 0.594. The SMILES string of the molecule is O=C(CCc1cccc(OC(F)(F)F)c1)NCc1ccccc1-c1cccnc1C(=O)NCCc1ccccn1. The third-order valence-corrected chi connectivity index (χ3v) is 5.97. The van der Waals surface area contributed by atoms with Gasteiger partial charge in [0.05, 0.1) is 0 Å². The van der Waals surface area contributed by atoms with E-state index in [0.29, 0.717) is 24.1 Å². The number of aromatic nitrogens is 2. The third kappa shape index (κ3) is 8.39. The van der Waals surface area contributed by atoms with Gasteiger partial charge >= 0.3 is 6.36 Å². The summed E-state index contributed by atoms with van der Waals surface area (Å²) in [7, 11) is 0. The Morgan fingerprint density at radius 1 is 0.800 bits per heavy atom. The van der Waals surface area contributed by atoms with Gasteiger partial charge in [0, 0.05) is 49.6 Å². The number of aryl methyl sites for hydroxylation is 1. The van der Waals surface area contributed by atoms with Crippen molar-refractivity contribution < 1.29 is 27.5 Å². The maximum atomic E-state index is 13.0. The number of hydrogen-bond acceptors (Lipinski definition) is 5. The van der Waals surface area contributed by atoms with Crippen molar-refractivity contribution in [2.75, 3.05) is 6.54 Å². The number of pyridine rings is 2. The lowest BCUT2D eigenvalue weighted by Crippen LogP contribution is -2.27. The van der Waals surface area contributed by atoms with E-state index in [2.05, 4.69) is 25.3 Å². The van der Waals surface area contributed by atoms with E-state index in [1.807, 2.05) is 42.5 Å². The van der Waals surface area contributed by atoms with Crippen molar-refractivity contribution >= 4 is 11.8 Å². The maximum absolute atomic E-state index is 13.0. The summed E-state index contributed by atoms with van der Waals surface area (Å²) >= 11 is 0. The smallest absolute Gasteiger partial charge is 0.406 e. The predicted octanol–water partition coefficient (Wildman–Crippen LogP) is 5.26. The van der Waals surface area contributed by atoms with E-state index < -0.39 is 6.36 Å². The number of ether oxygens (including phenoxy) is 1. The zero-order chi connectivity index (χ0) is 28.4. The fraction of sp³-hybridized carbons (Fsp3) is 0.200. The van der Waals surface area contributed by atoms with Gasteiger partial charge in [-0.3, -0.25) is 19.6 Å². The molecule has 4 aromatic rings. The van der Waals surface area contributed by atoms with E-state index in [4.69, 9.17) is 0 Å². The summed E-state index contributed by atoms with van der Waals surface area (Å²) in [5.74, 6) is -0.912. The van der Waals surface area contributed by atoms with Crippen LogP contribution in [0.25, 0.3) is 11.1 Å². The lowest BCUT2D eigenvalue weighted by molar-refractivity contribution is -0.274. The van der Waals surface area contributed by atoms with Crippen molar-refractivity contribution in [1.82, 2.24) is 20.6 Å². The fourth-order valence-corrected chi connectivity index (χ4v) is 4.11. The Morgan fingerprint density at radius 3 is 2.38 bits per heavy atom. The number of amides is 2. The minimum absolute atomic E-state index is 0.0778. The first-order chi connectivity index (χ1) is 19.3. The second kappa shape index (κ2) is 13.4. The van der Waals surface area contributed by atoms with Gasteiger partial charge in [-0.05, 0) is 53.4 Å². The lowest BCUT2D eigenvalue weighted by Gasteiger charge is -2.14. The minimum Gasteiger partial charge on any atom is -0.406 e. The molecular formula is C30H27F3N4O3. The molecule has 206 valence electrons. The topological polar surface area (TPSA) is 93.2 Å². The van der Waals surface area contributed by atoms with Gasteiger partial charge < -0.3 is 15.4 Å². The highest BCUT2D eigenvalue weighted by molar-refractivity contribution is 5.99. The lowest BCUT2D eigenvalue weighted by atomic mass is 9.97. The van der Waals surface area contributed by atoms with Gasteiger partial charge in [-0.2, -0.15) is 0 Å². The van der Waals surface area contributed by atoms with Gasteiger partial charge in [0.25, 0.3) is 5.91 Å². The Bertz CT molecular complexity index is 1450. The van der Waals surface area contributed by atoms with Gasteiger partial charge in [0.1, 0.15) is 11.4 Å². The van der Waals surface area contributed by atoms with Crippen molar-refractivity contribution in [2.24, 2.45) is 0 Å². The van der Waals surface area contributed by atoms with E-state index in [1.54, 1.807) is 30.6 Å². The Kier molecular flexibility index (Phi) is 9.45. The van der Waals surface area contributed by atoms with Crippen LogP contribution in [0, 0.1) is 0 Å². The summed E-state index contributed by atoms with van der Waals surface area (Å²) in [6.07, 6.45) is -0.623. The standard InChI is InChI=1S/C30H27F3N4O3/c31-30(32,33)40-24-10-5-7-21(19-24)13-14-27(38)37-20-22-8-1-2-11-25(22)26-12-6-17-35-28(26)29(39)36-18-15-23-9-3-4-16-34-23/h1-12,16-17,19H,13-15,18,20H2,(H,36,39)(H,37,38). The number of alkyl halides is 3. The van der Waals surface area contributed by atoms with Crippen LogP contribution in [0.3, 0.4) is 0 Å². The van der Waals surface area contributed by atoms with Gasteiger partial charge in [0.15, 0.2) is 0 Å². The molecule has 0 bridgehead atoms. The van der Waals surface area contributed by atoms with Crippen molar-refractivity contribution in [1.29, 1.82) is 0 Å². The van der Waals surface area contributed by atoms with E-state index in [0.717, 1.165) is 16.8 Å². The van der Waals surface area contributed by atoms with Crippen LogP contribution < -0.4 is 15.4 Å². The Hall–Kier alpha value is -4.73. The number of halogens is 3. The molecule has 0 saturated carbocycles. The number of nitrogens with zero attached hydrogens (tertiary/aromatic N) is 2. The monoisotopic (exact) mass is 548 g/mol. The normalized spacial score (nSPS) is 11.1. The van der Waals surface area contributed by atoms with Crippen molar-refractivity contribution in [3.05, 3.63) is 114 Å². The van der Waals surface area contributed by atoms with Crippen LogP contribution in [0.5, 0.6) is 5.75 Å². The Balaban J connectivity index is 1.37. The predicted molar refractivity (Wildman–Crippen MR) is 143 cm³/mol. The van der Waals surface area contributed by atoms with Gasteiger partial charge in [-0.25, -0.2) is 0 Å². The molecule has 2 aromatic heterocycles. The van der Waals surface area contributed by atoms with E-state index >= 15 is 0 Å². The number of benzene rings is 2. The molecule has 2 N–H and O–H groups in total. The van der Waals surface area contributed by atoms with Crippen molar-refractivity contribution in [3.63, 3.8) is 0 Å². The average Bonchev–Trinajstić information content (AvgIpc) is 2.95. The molecule has 0 saturated heterocycles. The largest absolute Gasteiger partial charge is 0.573 e. The number of carbonyl (C=O) groups excluding carboxylic acids is 2. The quantitative estimate of drug-likeness (QED) is 0.267. The zero-order valence-electron chi connectivity index (χ0n) is 21.4. The molecule has 0 radical (unpaired) electrons. The molecule has 2 amide bonds. The molecule has 7 nitrogen and oxygen atoms in total. The van der Waals surface area contributed by atoms with Crippen LogP contribution in [0.2, 0.25) is 0 Å². The molecule has 2 aromatic carbocycles. The van der Waals surface area contributed by atoms with Crippen LogP contribution >= 0.6 is 0 Å². The molecule has 0 aliphatic rings. The number of carbonyl (C=O) groups is 2. The van der Waals surface area contributed by atoms with E-state index in [-0.39, 0.29) is 42.6 Å². The Morgan fingerprint density at radius 2 is 1.57 bits per heavy atom. The van der Waals surface area contributed by atoms with Crippen LogP contribution in [0.15, 0.2) is 91.3 Å². The molecule has 0 aliphatic heterocycles. The highest BCUT2D eigenvalue weighted by atomic mass is 19.4. The summed E-state index contributed by atoms with van der Waals surface area (Å²) in [6, 6.07) is 22.1. The molecule has 0 aliphatic carbocycles. The fourth-order valence-electron chi connectivity index (χ4n) is 4.11. The van der Waals surface area contributed by atoms with Crippen LogP contribution in [0.1, 0.15) is 33.7 Å². The van der Waals surface area contributed by atoms with Crippen LogP contribution in [-0.4, -0.2) is 34.7 Å². The first kappa shape index (κ1) is 28.3. The maximum Gasteiger partial charge on any atom is 0.573 e. The zero-order valence-corrected chi connectivity index (χ0v) is 21.4. The van der Waals surface area contributed by atoms with Crippen molar-refractivity contribution in [3.8, 4) is 16.9 Å². The second-order valence-electron chi connectivity index (χ2n) is 8.86. The van der Waals surface area contributed by atoms with Crippen LogP contribution in [0.4, 0.5) is 13.2 Å². The number of hydrogen-bond donors (Lipinski definition) is 2. The highest BCUT2D eigenvalue weighted by Gasteiger charge is 2.31. The summed E-state index contributed by atoms with van der Waals surface area (Å²) in [4.78, 5) is 34.1. The van der Waals surface area contributed by atoms with E-state index in [9.17, 15) is 22.8 Å². The number of nitrogens with one attached hydrogen (secondary N) is 2. The molecule has 4 rings (SSSR count). The number of rotatable bonds is 11. The van der Waals surface area contributed by atoms with Crippen LogP contribution in [-0.2, 0) is 24.2 Å². The molecule has 2 heterocycles. The molecular weight excluding hydrogens is 521 g/mol. The van der Waals surface area contributed by atoms with Gasteiger partial charge in [-0.1, -0.05) is 48.5 Å². The van der Waals surface area contributed by atoms with Crippen molar-refractivity contribution in [2.45, 2.75) is 32.2 Å². The summed E-state index contributed by atoms with van der Waals surface area (Å²) in [5, 5.41) is 5.75. The molecule has 40 heavy (non-hydrogen) atoms. The average molecular weight is 549 g/mol. The first-order valence-electron chi connectivity index (χ1n) is 12.6. The van der Waals surface area contributed by atoms with Gasteiger partial charge in [-0.15, -0.1) is 13.2 Å². The summed E-state index contributed by atoms with van der Waals surface area (Å²) < 4.78 is 41.4. The second-order valence-corrected chi connectivity index (χ2v) is 8.86.